The quantitative estimate of drug-likeness (QED) is 0.223. The molecule has 8 aromatic rings. The van der Waals surface area contributed by atoms with Gasteiger partial charge < -0.3 is 13.7 Å². The van der Waals surface area contributed by atoms with Gasteiger partial charge in [0, 0.05) is 27.3 Å². The predicted molar refractivity (Wildman–Crippen MR) is 173 cm³/mol. The van der Waals surface area contributed by atoms with Crippen molar-refractivity contribution in [3.05, 3.63) is 139 Å². The molecule has 0 bridgehead atoms. The molecule has 0 amide bonds. The minimum Gasteiger partial charge on any atom is -0.456 e. The first-order chi connectivity index (χ1) is 20.6. The number of fused-ring (bicyclic) bond motifs is 9. The zero-order valence-corrected chi connectivity index (χ0v) is 23.4. The van der Waals surface area contributed by atoms with E-state index in [1.807, 2.05) is 24.3 Å². The Labute approximate surface area is 243 Å². The van der Waals surface area contributed by atoms with Crippen molar-refractivity contribution in [2.75, 3.05) is 4.90 Å². The van der Waals surface area contributed by atoms with Crippen LogP contribution in [0.1, 0.15) is 25.0 Å². The number of hydrogen-bond acceptors (Lipinski definition) is 3. The predicted octanol–water partition coefficient (Wildman–Crippen LogP) is 11.3. The molecule has 0 saturated heterocycles. The van der Waals surface area contributed by atoms with Crippen molar-refractivity contribution in [2.24, 2.45) is 0 Å². The number of anilines is 3. The molecule has 0 aliphatic heterocycles. The molecule has 0 radical (unpaired) electrons. The van der Waals surface area contributed by atoms with Crippen molar-refractivity contribution in [1.29, 1.82) is 0 Å². The van der Waals surface area contributed by atoms with Crippen molar-refractivity contribution in [3.63, 3.8) is 0 Å². The fourth-order valence-electron chi connectivity index (χ4n) is 7.09. The van der Waals surface area contributed by atoms with Gasteiger partial charge in [-0.05, 0) is 64.7 Å². The second-order valence-corrected chi connectivity index (χ2v) is 11.7. The van der Waals surface area contributed by atoms with Gasteiger partial charge in [-0.15, -0.1) is 0 Å². The Kier molecular flexibility index (Phi) is 4.67. The molecule has 6 aromatic carbocycles. The Hall–Kier alpha value is -5.28. The zero-order valence-electron chi connectivity index (χ0n) is 23.4. The zero-order chi connectivity index (χ0) is 28.0. The van der Waals surface area contributed by atoms with E-state index in [9.17, 15) is 0 Å². The maximum atomic E-state index is 6.61. The van der Waals surface area contributed by atoms with Crippen LogP contribution in [-0.2, 0) is 5.41 Å². The van der Waals surface area contributed by atoms with Gasteiger partial charge in [-0.25, -0.2) is 0 Å². The Bertz CT molecular complexity index is 2350. The van der Waals surface area contributed by atoms with Gasteiger partial charge in [-0.2, -0.15) is 0 Å². The summed E-state index contributed by atoms with van der Waals surface area (Å²) in [6, 6.07) is 45.0. The van der Waals surface area contributed by atoms with Crippen molar-refractivity contribution < 1.29 is 8.83 Å². The van der Waals surface area contributed by atoms with Crippen molar-refractivity contribution in [3.8, 4) is 11.1 Å². The molecule has 2 aromatic heterocycles. The number of furan rings is 2. The van der Waals surface area contributed by atoms with Crippen LogP contribution in [0.5, 0.6) is 0 Å². The number of hydrogen-bond donors (Lipinski definition) is 0. The Morgan fingerprint density at radius 3 is 2.02 bits per heavy atom. The minimum absolute atomic E-state index is 0.118. The number of benzene rings is 6. The third-order valence-corrected chi connectivity index (χ3v) is 9.07. The van der Waals surface area contributed by atoms with E-state index in [0.29, 0.717) is 0 Å². The molecule has 42 heavy (non-hydrogen) atoms. The van der Waals surface area contributed by atoms with Crippen LogP contribution in [0.15, 0.2) is 136 Å². The Balaban J connectivity index is 1.37. The average molecular weight is 542 g/mol. The smallest absolute Gasteiger partial charge is 0.159 e. The van der Waals surface area contributed by atoms with Gasteiger partial charge in [-0.3, -0.25) is 0 Å². The van der Waals surface area contributed by atoms with E-state index in [1.165, 1.54) is 22.3 Å². The molecule has 0 fully saturated rings. The van der Waals surface area contributed by atoms with Gasteiger partial charge in [0.15, 0.2) is 5.58 Å². The second-order valence-electron chi connectivity index (χ2n) is 11.7. The van der Waals surface area contributed by atoms with E-state index >= 15 is 0 Å². The number of nitrogens with zero attached hydrogens (tertiary/aromatic N) is 1. The molecule has 0 atom stereocenters. The maximum Gasteiger partial charge on any atom is 0.159 e. The summed E-state index contributed by atoms with van der Waals surface area (Å²) in [7, 11) is 0. The summed E-state index contributed by atoms with van der Waals surface area (Å²) >= 11 is 0. The van der Waals surface area contributed by atoms with E-state index in [-0.39, 0.29) is 5.41 Å². The molecule has 0 N–H and O–H groups in total. The van der Waals surface area contributed by atoms with E-state index in [0.717, 1.165) is 60.9 Å². The van der Waals surface area contributed by atoms with E-state index in [4.69, 9.17) is 8.83 Å². The SMILES string of the molecule is CC1(C)c2ccccc2-c2ccc(N(c3cccc4c3oc3ccccc34)c3cccc4oc5ccccc5c34)cc21. The van der Waals surface area contributed by atoms with E-state index < -0.39 is 0 Å². The highest BCUT2D eigenvalue weighted by Gasteiger charge is 2.36. The lowest BCUT2D eigenvalue weighted by Crippen LogP contribution is -2.16. The van der Waals surface area contributed by atoms with Crippen LogP contribution in [0.2, 0.25) is 0 Å². The molecule has 0 saturated carbocycles. The van der Waals surface area contributed by atoms with Gasteiger partial charge in [0.2, 0.25) is 0 Å². The fourth-order valence-corrected chi connectivity index (χ4v) is 7.09. The van der Waals surface area contributed by atoms with Crippen LogP contribution < -0.4 is 4.90 Å². The summed E-state index contributed by atoms with van der Waals surface area (Å²) in [6.45, 7) is 4.66. The summed E-state index contributed by atoms with van der Waals surface area (Å²) in [6.07, 6.45) is 0. The van der Waals surface area contributed by atoms with E-state index in [2.05, 4.69) is 122 Å². The van der Waals surface area contributed by atoms with Gasteiger partial charge in [0.05, 0.1) is 16.8 Å². The van der Waals surface area contributed by atoms with Crippen LogP contribution in [0.3, 0.4) is 0 Å². The van der Waals surface area contributed by atoms with E-state index in [1.54, 1.807) is 0 Å². The lowest BCUT2D eigenvalue weighted by Gasteiger charge is -2.28. The van der Waals surface area contributed by atoms with Crippen molar-refractivity contribution >= 4 is 60.9 Å². The van der Waals surface area contributed by atoms with Crippen LogP contribution in [-0.4, -0.2) is 0 Å². The second kappa shape index (κ2) is 8.37. The summed E-state index contributed by atoms with van der Waals surface area (Å²) in [5.41, 5.74) is 11.8. The first kappa shape index (κ1) is 23.4. The summed E-state index contributed by atoms with van der Waals surface area (Å²) < 4.78 is 13.0. The van der Waals surface area contributed by atoms with Crippen LogP contribution >= 0.6 is 0 Å². The highest BCUT2D eigenvalue weighted by molar-refractivity contribution is 6.16. The maximum absolute atomic E-state index is 6.61. The molecule has 9 rings (SSSR count). The third kappa shape index (κ3) is 3.11. The largest absolute Gasteiger partial charge is 0.456 e. The molecule has 3 heteroatoms. The third-order valence-electron chi connectivity index (χ3n) is 9.07. The van der Waals surface area contributed by atoms with Crippen molar-refractivity contribution in [1.82, 2.24) is 0 Å². The highest BCUT2D eigenvalue weighted by Crippen LogP contribution is 2.52. The molecule has 0 unspecified atom stereocenters. The first-order valence-electron chi connectivity index (χ1n) is 14.4. The molecular formula is C39H27NO2. The minimum atomic E-state index is -0.118. The number of rotatable bonds is 3. The Morgan fingerprint density at radius 1 is 0.500 bits per heavy atom. The highest BCUT2D eigenvalue weighted by atomic mass is 16.3. The van der Waals surface area contributed by atoms with Gasteiger partial charge in [0.1, 0.15) is 16.7 Å². The monoisotopic (exact) mass is 541 g/mol. The lowest BCUT2D eigenvalue weighted by atomic mass is 9.82. The van der Waals surface area contributed by atoms with Crippen LogP contribution in [0.25, 0.3) is 55.0 Å². The molecule has 200 valence electrons. The summed E-state index contributed by atoms with van der Waals surface area (Å²) in [5.74, 6) is 0. The standard InChI is InChI=1S/C39H27NO2/c1-39(2)30-15-6-3-11-25(30)26-22-21-24(23-31(26)39)40(32-16-10-20-36-37(32)29-13-5-8-19-35(29)41-36)33-17-9-14-28-27-12-4-7-18-34(27)42-38(28)33/h3-23H,1-2H3. The normalized spacial score (nSPS) is 13.7. The van der Waals surface area contributed by atoms with Gasteiger partial charge >= 0.3 is 0 Å². The first-order valence-corrected chi connectivity index (χ1v) is 14.4. The molecule has 1 aliphatic rings. The topological polar surface area (TPSA) is 29.5 Å². The summed E-state index contributed by atoms with van der Waals surface area (Å²) in [4.78, 5) is 2.36. The molecule has 2 heterocycles. The van der Waals surface area contributed by atoms with Gasteiger partial charge in [-0.1, -0.05) is 98.8 Å². The molecule has 0 spiro atoms. The summed E-state index contributed by atoms with van der Waals surface area (Å²) in [5, 5.41) is 4.40. The molecule has 3 nitrogen and oxygen atoms in total. The number of para-hydroxylation sites is 3. The molecule has 1 aliphatic carbocycles. The average Bonchev–Trinajstić information content (AvgIpc) is 3.67. The fraction of sp³-hybridized carbons (Fsp3) is 0.0769. The van der Waals surface area contributed by atoms with Crippen molar-refractivity contribution in [2.45, 2.75) is 19.3 Å². The van der Waals surface area contributed by atoms with Gasteiger partial charge in [0.25, 0.3) is 0 Å². The lowest BCUT2D eigenvalue weighted by molar-refractivity contribution is 0.660. The van der Waals surface area contributed by atoms with Crippen LogP contribution in [0.4, 0.5) is 17.1 Å². The Morgan fingerprint density at radius 2 is 1.14 bits per heavy atom. The molecular weight excluding hydrogens is 514 g/mol. The van der Waals surface area contributed by atoms with Crippen LogP contribution in [0, 0.1) is 0 Å².